The maximum Gasteiger partial charge on any atom is 0.230 e. The zero-order valence-electron chi connectivity index (χ0n) is 13.3. The van der Waals surface area contributed by atoms with E-state index < -0.39 is 0 Å². The molecule has 0 bridgehead atoms. The van der Waals surface area contributed by atoms with Crippen LogP contribution in [0.3, 0.4) is 0 Å². The molecule has 25 heavy (non-hydrogen) atoms. The molecule has 132 valence electrons. The molecule has 1 atom stereocenters. The molecule has 1 N–H and O–H groups in total. The van der Waals surface area contributed by atoms with Crippen LogP contribution in [0.5, 0.6) is 11.5 Å². The Labute approximate surface area is 160 Å². The second kappa shape index (κ2) is 8.70. The van der Waals surface area contributed by atoms with Crippen LogP contribution in [-0.2, 0) is 10.5 Å². The van der Waals surface area contributed by atoms with Crippen LogP contribution in [0, 0.1) is 0 Å². The van der Waals surface area contributed by atoms with E-state index in [0.717, 1.165) is 11.3 Å². The molecule has 0 spiro atoms. The van der Waals surface area contributed by atoms with Gasteiger partial charge in [-0.15, -0.1) is 11.8 Å². The number of carbonyl (C=O) groups is 1. The highest BCUT2D eigenvalue weighted by molar-refractivity contribution is 7.99. The van der Waals surface area contributed by atoms with Gasteiger partial charge < -0.3 is 14.8 Å². The molecule has 2 aromatic carbocycles. The predicted molar refractivity (Wildman–Crippen MR) is 102 cm³/mol. The van der Waals surface area contributed by atoms with Crippen LogP contribution < -0.4 is 14.8 Å². The lowest BCUT2D eigenvalue weighted by Crippen LogP contribution is -2.41. The Kier molecular flexibility index (Phi) is 6.34. The third kappa shape index (κ3) is 5.21. The van der Waals surface area contributed by atoms with Crippen molar-refractivity contribution in [1.82, 2.24) is 5.32 Å². The van der Waals surface area contributed by atoms with Gasteiger partial charge in [0.2, 0.25) is 5.91 Å². The van der Waals surface area contributed by atoms with E-state index in [9.17, 15) is 4.79 Å². The Hall–Kier alpha value is -1.56. The highest BCUT2D eigenvalue weighted by atomic mass is 35.5. The zero-order valence-corrected chi connectivity index (χ0v) is 15.7. The van der Waals surface area contributed by atoms with Crippen molar-refractivity contribution in [2.45, 2.75) is 11.9 Å². The zero-order chi connectivity index (χ0) is 17.6. The average molecular weight is 398 g/mol. The first-order valence-corrected chi connectivity index (χ1v) is 9.70. The van der Waals surface area contributed by atoms with Gasteiger partial charge in [0.1, 0.15) is 12.7 Å². The second-order valence-electron chi connectivity index (χ2n) is 5.54. The van der Waals surface area contributed by atoms with Gasteiger partial charge in [0.15, 0.2) is 11.5 Å². The van der Waals surface area contributed by atoms with E-state index in [1.165, 1.54) is 11.8 Å². The molecule has 0 saturated heterocycles. The highest BCUT2D eigenvalue weighted by Gasteiger charge is 2.20. The van der Waals surface area contributed by atoms with E-state index in [4.69, 9.17) is 32.7 Å². The first kappa shape index (κ1) is 18.2. The Morgan fingerprint density at radius 2 is 1.96 bits per heavy atom. The standard InChI is InChI=1S/C18H17Cl2NO3S/c19-14-6-5-12(7-15(14)20)10-25-11-18(22)21-8-13-9-23-16-3-1-2-4-17(16)24-13/h1-7,13H,8-11H2,(H,21,22). The van der Waals surface area contributed by atoms with Crippen molar-refractivity contribution in [3.63, 3.8) is 0 Å². The van der Waals surface area contributed by atoms with E-state index >= 15 is 0 Å². The molecule has 1 unspecified atom stereocenters. The molecule has 7 heteroatoms. The maximum atomic E-state index is 12.0. The summed E-state index contributed by atoms with van der Waals surface area (Å²) < 4.78 is 11.4. The molecule has 4 nitrogen and oxygen atoms in total. The molecule has 1 heterocycles. The van der Waals surface area contributed by atoms with Crippen LogP contribution in [0.15, 0.2) is 42.5 Å². The molecule has 1 aliphatic heterocycles. The number of fused-ring (bicyclic) bond motifs is 1. The third-order valence-electron chi connectivity index (χ3n) is 3.58. The average Bonchev–Trinajstić information content (AvgIpc) is 2.63. The van der Waals surface area contributed by atoms with Crippen LogP contribution in [0.25, 0.3) is 0 Å². The summed E-state index contributed by atoms with van der Waals surface area (Å²) in [6.07, 6.45) is -0.182. The molecule has 1 aliphatic rings. The van der Waals surface area contributed by atoms with Crippen molar-refractivity contribution in [1.29, 1.82) is 0 Å². The number of rotatable bonds is 6. The van der Waals surface area contributed by atoms with Crippen molar-refractivity contribution >= 4 is 40.9 Å². The summed E-state index contributed by atoms with van der Waals surface area (Å²) in [5.74, 6) is 2.47. The molecular weight excluding hydrogens is 381 g/mol. The minimum absolute atomic E-state index is 0.0347. The first-order valence-electron chi connectivity index (χ1n) is 7.78. The fourth-order valence-corrected chi connectivity index (χ4v) is 3.46. The first-order chi connectivity index (χ1) is 12.1. The Morgan fingerprint density at radius 3 is 2.76 bits per heavy atom. The van der Waals surface area contributed by atoms with Gasteiger partial charge >= 0.3 is 0 Å². The molecule has 0 radical (unpaired) electrons. The molecule has 0 aliphatic carbocycles. The highest BCUT2D eigenvalue weighted by Crippen LogP contribution is 2.30. The summed E-state index contributed by atoms with van der Waals surface area (Å²) >= 11 is 13.4. The van der Waals surface area contributed by atoms with E-state index in [2.05, 4.69) is 5.32 Å². The predicted octanol–water partition coefficient (Wildman–Crippen LogP) is 4.18. The van der Waals surface area contributed by atoms with Gasteiger partial charge in [0, 0.05) is 5.75 Å². The molecule has 3 rings (SSSR count). The number of benzene rings is 2. The summed E-state index contributed by atoms with van der Waals surface area (Å²) in [4.78, 5) is 12.0. The van der Waals surface area contributed by atoms with Crippen LogP contribution in [0.4, 0.5) is 0 Å². The number of hydrogen-bond donors (Lipinski definition) is 1. The van der Waals surface area contributed by atoms with Crippen LogP contribution in [0.2, 0.25) is 10.0 Å². The Balaban J connectivity index is 1.38. The lowest BCUT2D eigenvalue weighted by atomic mass is 10.2. The maximum absolute atomic E-state index is 12.0. The summed E-state index contributed by atoms with van der Waals surface area (Å²) in [5.41, 5.74) is 1.04. The summed E-state index contributed by atoms with van der Waals surface area (Å²) in [6.45, 7) is 0.841. The third-order valence-corrected chi connectivity index (χ3v) is 5.32. The van der Waals surface area contributed by atoms with E-state index in [0.29, 0.717) is 40.5 Å². The smallest absolute Gasteiger partial charge is 0.230 e. The van der Waals surface area contributed by atoms with E-state index in [1.807, 2.05) is 36.4 Å². The summed E-state index contributed by atoms with van der Waals surface area (Å²) in [6, 6.07) is 13.0. The lowest BCUT2D eigenvalue weighted by molar-refractivity contribution is -0.119. The molecular formula is C18H17Cl2NO3S. The molecule has 0 aromatic heterocycles. The van der Waals surface area contributed by atoms with Crippen molar-refractivity contribution in [2.24, 2.45) is 0 Å². The van der Waals surface area contributed by atoms with Crippen molar-refractivity contribution in [2.75, 3.05) is 18.9 Å². The van der Waals surface area contributed by atoms with Gasteiger partial charge in [-0.2, -0.15) is 0 Å². The topological polar surface area (TPSA) is 47.6 Å². The van der Waals surface area contributed by atoms with Crippen LogP contribution >= 0.6 is 35.0 Å². The number of amides is 1. The van der Waals surface area contributed by atoms with Crippen molar-refractivity contribution in [3.8, 4) is 11.5 Å². The molecule has 0 saturated carbocycles. The van der Waals surface area contributed by atoms with E-state index in [1.54, 1.807) is 6.07 Å². The van der Waals surface area contributed by atoms with Gasteiger partial charge in [-0.05, 0) is 29.8 Å². The van der Waals surface area contributed by atoms with Crippen molar-refractivity contribution < 1.29 is 14.3 Å². The monoisotopic (exact) mass is 397 g/mol. The number of nitrogens with one attached hydrogen (secondary N) is 1. The number of carbonyl (C=O) groups excluding carboxylic acids is 1. The fraction of sp³-hybridized carbons (Fsp3) is 0.278. The second-order valence-corrected chi connectivity index (χ2v) is 7.34. The van der Waals surface area contributed by atoms with Gasteiger partial charge in [-0.1, -0.05) is 41.4 Å². The summed E-state index contributed by atoms with van der Waals surface area (Å²) in [7, 11) is 0. The van der Waals surface area contributed by atoms with Gasteiger partial charge in [0.25, 0.3) is 0 Å². The number of para-hydroxylation sites is 2. The molecule has 2 aromatic rings. The Bertz CT molecular complexity index is 757. The van der Waals surface area contributed by atoms with Crippen LogP contribution in [0.1, 0.15) is 5.56 Å². The van der Waals surface area contributed by atoms with Gasteiger partial charge in [-0.3, -0.25) is 4.79 Å². The summed E-state index contributed by atoms with van der Waals surface area (Å²) in [5, 5.41) is 3.94. The molecule has 0 fully saturated rings. The Morgan fingerprint density at radius 1 is 1.16 bits per heavy atom. The fourth-order valence-electron chi connectivity index (χ4n) is 2.33. The minimum Gasteiger partial charge on any atom is -0.486 e. The molecule has 1 amide bonds. The minimum atomic E-state index is -0.182. The normalized spacial score (nSPS) is 15.7. The number of ether oxygens (including phenoxy) is 2. The van der Waals surface area contributed by atoms with Gasteiger partial charge in [-0.25, -0.2) is 0 Å². The van der Waals surface area contributed by atoms with Crippen molar-refractivity contribution in [3.05, 3.63) is 58.1 Å². The SMILES string of the molecule is O=C(CSCc1ccc(Cl)c(Cl)c1)NCC1COc2ccccc2O1. The number of hydrogen-bond acceptors (Lipinski definition) is 4. The number of thioether (sulfide) groups is 1. The number of halogens is 2. The van der Waals surface area contributed by atoms with Crippen LogP contribution in [-0.4, -0.2) is 30.9 Å². The quantitative estimate of drug-likeness (QED) is 0.793. The van der Waals surface area contributed by atoms with Gasteiger partial charge in [0.05, 0.1) is 22.3 Å². The van der Waals surface area contributed by atoms with E-state index in [-0.39, 0.29) is 12.0 Å². The largest absolute Gasteiger partial charge is 0.486 e. The lowest BCUT2D eigenvalue weighted by Gasteiger charge is -2.26.